The van der Waals surface area contributed by atoms with Crippen molar-refractivity contribution in [1.82, 2.24) is 19.9 Å². The van der Waals surface area contributed by atoms with Gasteiger partial charge < -0.3 is 14.9 Å². The number of carboxylic acid groups (broad SMARTS) is 1. The molecule has 1 aliphatic rings. The standard InChI is InChI=1S/C29H26Cl3N5O3/c30-20-8-5-18(6-9-20)27-24(3-1-2-4-26(38)39)34-25-15-19(7-10-23(25)35-27)29(40)37-13-11-36(12-14-37)28-21(31)16-33-17-22(28)32/h5-10,15-17H,1-4,11-14H2,(H,38,39). The van der Waals surface area contributed by atoms with Crippen molar-refractivity contribution in [3.8, 4) is 11.3 Å². The largest absolute Gasteiger partial charge is 0.481 e. The van der Waals surface area contributed by atoms with Crippen LogP contribution in [0.5, 0.6) is 0 Å². The van der Waals surface area contributed by atoms with Crippen LogP contribution in [0.25, 0.3) is 22.3 Å². The fourth-order valence-corrected chi connectivity index (χ4v) is 5.56. The van der Waals surface area contributed by atoms with Crippen molar-refractivity contribution in [2.75, 3.05) is 31.1 Å². The van der Waals surface area contributed by atoms with E-state index in [0.29, 0.717) is 77.1 Å². The highest BCUT2D eigenvalue weighted by Crippen LogP contribution is 2.33. The molecular formula is C29H26Cl3N5O3. The van der Waals surface area contributed by atoms with E-state index in [2.05, 4.69) is 9.88 Å². The van der Waals surface area contributed by atoms with Crippen molar-refractivity contribution in [2.45, 2.75) is 25.7 Å². The van der Waals surface area contributed by atoms with Gasteiger partial charge in [0.1, 0.15) is 0 Å². The molecule has 11 heteroatoms. The molecule has 1 amide bonds. The van der Waals surface area contributed by atoms with Crippen LogP contribution in [0.1, 0.15) is 35.3 Å². The SMILES string of the molecule is O=C(O)CCCCc1nc2cc(C(=O)N3CCN(c4c(Cl)cncc4Cl)CC3)ccc2nc1-c1ccc(Cl)cc1. The minimum atomic E-state index is -0.821. The Morgan fingerprint density at radius 3 is 2.23 bits per heavy atom. The highest BCUT2D eigenvalue weighted by molar-refractivity contribution is 6.38. The van der Waals surface area contributed by atoms with Crippen LogP contribution in [-0.2, 0) is 11.2 Å². The zero-order valence-electron chi connectivity index (χ0n) is 21.5. The maximum Gasteiger partial charge on any atom is 0.303 e. The number of hydrogen-bond donors (Lipinski definition) is 1. The van der Waals surface area contributed by atoms with Gasteiger partial charge in [-0.2, -0.15) is 0 Å². The number of aryl methyl sites for hydroxylation is 1. The number of anilines is 1. The van der Waals surface area contributed by atoms with E-state index < -0.39 is 5.97 Å². The third-order valence-electron chi connectivity index (χ3n) is 6.87. The van der Waals surface area contributed by atoms with Crippen molar-refractivity contribution >= 4 is 63.4 Å². The smallest absolute Gasteiger partial charge is 0.303 e. The summed E-state index contributed by atoms with van der Waals surface area (Å²) < 4.78 is 0. The number of unbranched alkanes of at least 4 members (excludes halogenated alkanes) is 1. The Balaban J connectivity index is 1.37. The lowest BCUT2D eigenvalue weighted by molar-refractivity contribution is -0.137. The Bertz CT molecular complexity index is 1540. The Morgan fingerprint density at radius 2 is 1.55 bits per heavy atom. The predicted octanol–water partition coefficient (Wildman–Crippen LogP) is 6.41. The molecule has 1 fully saturated rings. The number of amides is 1. The number of rotatable bonds is 8. The molecule has 0 atom stereocenters. The van der Waals surface area contributed by atoms with Crippen molar-refractivity contribution in [3.63, 3.8) is 0 Å². The maximum absolute atomic E-state index is 13.4. The molecule has 0 saturated carbocycles. The number of hydrogen-bond acceptors (Lipinski definition) is 6. The Labute approximate surface area is 246 Å². The summed E-state index contributed by atoms with van der Waals surface area (Å²) in [5, 5.41) is 10.6. The van der Waals surface area contributed by atoms with E-state index >= 15 is 0 Å². The summed E-state index contributed by atoms with van der Waals surface area (Å²) in [6.07, 6.45) is 4.98. The van der Waals surface area contributed by atoms with Gasteiger partial charge in [-0.05, 0) is 49.6 Å². The molecule has 0 unspecified atom stereocenters. The van der Waals surface area contributed by atoms with E-state index in [1.807, 2.05) is 23.1 Å². The Hall–Kier alpha value is -3.46. The predicted molar refractivity (Wildman–Crippen MR) is 158 cm³/mol. The molecule has 3 heterocycles. The number of carbonyl (C=O) groups excluding carboxylic acids is 1. The molecule has 0 bridgehead atoms. The second-order valence-electron chi connectivity index (χ2n) is 9.56. The third kappa shape index (κ3) is 6.30. The molecule has 1 saturated heterocycles. The third-order valence-corrected chi connectivity index (χ3v) is 7.67. The topological polar surface area (TPSA) is 99.5 Å². The Kier molecular flexibility index (Phi) is 8.69. The normalized spacial score (nSPS) is 13.6. The van der Waals surface area contributed by atoms with E-state index in [4.69, 9.17) is 49.9 Å². The van der Waals surface area contributed by atoms with Crippen LogP contribution in [0, 0.1) is 0 Å². The van der Waals surface area contributed by atoms with Gasteiger partial charge in [-0.15, -0.1) is 0 Å². The summed E-state index contributed by atoms with van der Waals surface area (Å²) in [7, 11) is 0. The summed E-state index contributed by atoms with van der Waals surface area (Å²) in [5.41, 5.74) is 4.91. The van der Waals surface area contributed by atoms with Gasteiger partial charge in [0.05, 0.1) is 38.2 Å². The minimum Gasteiger partial charge on any atom is -0.481 e. The highest BCUT2D eigenvalue weighted by atomic mass is 35.5. The van der Waals surface area contributed by atoms with Crippen LogP contribution in [0.3, 0.4) is 0 Å². The zero-order chi connectivity index (χ0) is 28.2. The van der Waals surface area contributed by atoms with Gasteiger partial charge >= 0.3 is 5.97 Å². The van der Waals surface area contributed by atoms with Crippen LogP contribution in [0.15, 0.2) is 54.9 Å². The number of nitrogens with zero attached hydrogens (tertiary/aromatic N) is 5. The van der Waals surface area contributed by atoms with Crippen LogP contribution >= 0.6 is 34.8 Å². The van der Waals surface area contributed by atoms with Gasteiger partial charge in [-0.1, -0.05) is 46.9 Å². The molecule has 1 aliphatic heterocycles. The summed E-state index contributed by atoms with van der Waals surface area (Å²) in [6.45, 7) is 2.21. The summed E-state index contributed by atoms with van der Waals surface area (Å²) in [5.74, 6) is -0.904. The number of pyridine rings is 1. The number of halogens is 3. The summed E-state index contributed by atoms with van der Waals surface area (Å²) in [4.78, 5) is 42.1. The van der Waals surface area contributed by atoms with E-state index in [-0.39, 0.29) is 12.3 Å². The molecule has 1 N–H and O–H groups in total. The van der Waals surface area contributed by atoms with E-state index in [1.54, 1.807) is 36.7 Å². The fourth-order valence-electron chi connectivity index (χ4n) is 4.83. The lowest BCUT2D eigenvalue weighted by Gasteiger charge is -2.36. The summed E-state index contributed by atoms with van der Waals surface area (Å²) >= 11 is 18.7. The number of piperazine rings is 1. The first-order valence-corrected chi connectivity index (χ1v) is 14.0. The van der Waals surface area contributed by atoms with Crippen molar-refractivity contribution < 1.29 is 14.7 Å². The second kappa shape index (κ2) is 12.4. The highest BCUT2D eigenvalue weighted by Gasteiger charge is 2.25. The van der Waals surface area contributed by atoms with Gasteiger partial charge in [0, 0.05) is 61.1 Å². The van der Waals surface area contributed by atoms with Gasteiger partial charge in [-0.3, -0.25) is 14.6 Å². The number of carboxylic acids is 1. The molecule has 5 rings (SSSR count). The monoisotopic (exact) mass is 597 g/mol. The van der Waals surface area contributed by atoms with E-state index in [1.165, 1.54) is 0 Å². The minimum absolute atomic E-state index is 0.0833. The van der Waals surface area contributed by atoms with Crippen molar-refractivity contribution in [3.05, 3.63) is 81.2 Å². The molecular weight excluding hydrogens is 573 g/mol. The molecule has 0 spiro atoms. The molecule has 8 nitrogen and oxygen atoms in total. The van der Waals surface area contributed by atoms with Crippen LogP contribution in [0.2, 0.25) is 15.1 Å². The van der Waals surface area contributed by atoms with Gasteiger partial charge in [0.2, 0.25) is 0 Å². The Morgan fingerprint density at radius 1 is 0.850 bits per heavy atom. The van der Waals surface area contributed by atoms with Crippen LogP contribution in [0.4, 0.5) is 5.69 Å². The molecule has 40 heavy (non-hydrogen) atoms. The van der Waals surface area contributed by atoms with Gasteiger partial charge in [-0.25, -0.2) is 9.97 Å². The van der Waals surface area contributed by atoms with Crippen LogP contribution < -0.4 is 4.90 Å². The average Bonchev–Trinajstić information content (AvgIpc) is 2.95. The first-order chi connectivity index (χ1) is 19.3. The van der Waals surface area contributed by atoms with E-state index in [0.717, 1.165) is 22.6 Å². The number of carbonyl (C=O) groups is 2. The molecule has 2 aromatic carbocycles. The van der Waals surface area contributed by atoms with E-state index in [9.17, 15) is 9.59 Å². The first-order valence-electron chi connectivity index (χ1n) is 12.9. The number of fused-ring (bicyclic) bond motifs is 1. The molecule has 2 aromatic heterocycles. The first kappa shape index (κ1) is 28.1. The van der Waals surface area contributed by atoms with Crippen molar-refractivity contribution in [2.24, 2.45) is 0 Å². The lowest BCUT2D eigenvalue weighted by Crippen LogP contribution is -2.49. The summed E-state index contributed by atoms with van der Waals surface area (Å²) in [6, 6.07) is 12.8. The number of aromatic nitrogens is 3. The molecule has 206 valence electrons. The zero-order valence-corrected chi connectivity index (χ0v) is 23.8. The van der Waals surface area contributed by atoms with Gasteiger partial charge in [0.15, 0.2) is 0 Å². The molecule has 0 radical (unpaired) electrons. The average molecular weight is 599 g/mol. The fraction of sp³-hybridized carbons (Fsp3) is 0.276. The number of aliphatic carboxylic acids is 1. The van der Waals surface area contributed by atoms with Crippen molar-refractivity contribution in [1.29, 1.82) is 0 Å². The molecule has 4 aromatic rings. The number of benzene rings is 2. The lowest BCUT2D eigenvalue weighted by atomic mass is 10.0. The quantitative estimate of drug-likeness (QED) is 0.234. The molecule has 0 aliphatic carbocycles. The van der Waals surface area contributed by atoms with Crippen LogP contribution in [-0.4, -0.2) is 63.0 Å². The maximum atomic E-state index is 13.4. The van der Waals surface area contributed by atoms with Gasteiger partial charge in [0.25, 0.3) is 5.91 Å². The second-order valence-corrected chi connectivity index (χ2v) is 10.8.